The lowest BCUT2D eigenvalue weighted by Crippen LogP contribution is -2.59. The summed E-state index contributed by atoms with van der Waals surface area (Å²) in [5, 5.41) is 32.3. The van der Waals surface area contributed by atoms with Crippen LogP contribution in [0.1, 0.15) is 112 Å². The second-order valence-electron chi connectivity index (χ2n) is 15.8. The van der Waals surface area contributed by atoms with Crippen LogP contribution in [0.25, 0.3) is 0 Å². The van der Waals surface area contributed by atoms with Gasteiger partial charge in [-0.1, -0.05) is 55.0 Å². The zero-order valence-electron chi connectivity index (χ0n) is 29.7. The quantitative estimate of drug-likeness (QED) is 0.249. The van der Waals surface area contributed by atoms with E-state index in [1.165, 1.54) is 5.57 Å². The molecule has 0 radical (unpaired) electrons. The maximum atomic E-state index is 11.7. The monoisotopic (exact) mass is 658 g/mol. The van der Waals surface area contributed by atoms with Crippen LogP contribution in [0.15, 0.2) is 48.1 Å². The number of ether oxygens (including phenoxy) is 5. The molecule has 0 saturated carbocycles. The molecular weight excluding hydrogens is 596 g/mol. The maximum Gasteiger partial charge on any atom is 0.111 e. The minimum atomic E-state index is -0.922. The van der Waals surface area contributed by atoms with Crippen LogP contribution in [0.4, 0.5) is 0 Å². The Morgan fingerprint density at radius 3 is 2.28 bits per heavy atom. The number of rotatable bonds is 9. The minimum Gasteiger partial charge on any atom is -0.392 e. The number of hydrogen-bond donors (Lipinski definition) is 3. The lowest BCUT2D eigenvalue weighted by molar-refractivity contribution is -0.273. The topological polar surface area (TPSA) is 107 Å². The van der Waals surface area contributed by atoms with Crippen molar-refractivity contribution in [3.8, 4) is 0 Å². The predicted molar refractivity (Wildman–Crippen MR) is 183 cm³/mol. The summed E-state index contributed by atoms with van der Waals surface area (Å²) in [7, 11) is 0. The van der Waals surface area contributed by atoms with E-state index in [1.807, 2.05) is 26.0 Å². The van der Waals surface area contributed by atoms with E-state index in [0.717, 1.165) is 56.9 Å². The Bertz CT molecular complexity index is 1160. The Balaban J connectivity index is 1.26. The molecule has 5 heterocycles. The zero-order chi connectivity index (χ0) is 34.0. The van der Waals surface area contributed by atoms with Gasteiger partial charge in [-0.3, -0.25) is 0 Å². The molecule has 5 rings (SSSR count). The van der Waals surface area contributed by atoms with Gasteiger partial charge in [-0.25, -0.2) is 0 Å². The van der Waals surface area contributed by atoms with Crippen molar-refractivity contribution in [2.45, 2.75) is 184 Å². The molecule has 0 aromatic carbocycles. The van der Waals surface area contributed by atoms with E-state index in [2.05, 4.69) is 46.4 Å². The third-order valence-electron chi connectivity index (χ3n) is 12.0. The highest BCUT2D eigenvalue weighted by molar-refractivity contribution is 5.26. The van der Waals surface area contributed by atoms with Gasteiger partial charge in [-0.05, 0) is 98.3 Å². The molecule has 5 fully saturated rings. The van der Waals surface area contributed by atoms with Crippen molar-refractivity contribution in [1.29, 1.82) is 0 Å². The average molecular weight is 659 g/mol. The largest absolute Gasteiger partial charge is 0.392 e. The van der Waals surface area contributed by atoms with Gasteiger partial charge in [0.05, 0.1) is 72.2 Å². The number of hydrogen-bond acceptors (Lipinski definition) is 8. The first kappa shape index (κ1) is 36.9. The van der Waals surface area contributed by atoms with Crippen molar-refractivity contribution < 1.29 is 39.0 Å². The highest BCUT2D eigenvalue weighted by Gasteiger charge is 2.58. The summed E-state index contributed by atoms with van der Waals surface area (Å²) in [6.07, 6.45) is 15.7. The fourth-order valence-corrected chi connectivity index (χ4v) is 8.70. The van der Waals surface area contributed by atoms with Gasteiger partial charge in [-0.15, -0.1) is 0 Å². The fraction of sp³-hybridized carbons (Fsp3) is 0.795. The summed E-state index contributed by atoms with van der Waals surface area (Å²) in [4.78, 5) is 0. The molecule has 266 valence electrons. The molecule has 0 spiro atoms. The molecule has 0 bridgehead atoms. The van der Waals surface area contributed by atoms with Crippen LogP contribution < -0.4 is 0 Å². The second-order valence-corrected chi connectivity index (χ2v) is 15.8. The number of aliphatic hydroxyl groups is 3. The smallest absolute Gasteiger partial charge is 0.111 e. The van der Waals surface area contributed by atoms with Crippen molar-refractivity contribution in [2.24, 2.45) is 5.92 Å². The van der Waals surface area contributed by atoms with Crippen LogP contribution in [-0.4, -0.2) is 93.7 Å². The molecule has 0 amide bonds. The van der Waals surface area contributed by atoms with Gasteiger partial charge in [0, 0.05) is 12.8 Å². The van der Waals surface area contributed by atoms with E-state index in [-0.39, 0.29) is 49.3 Å². The van der Waals surface area contributed by atoms with Crippen molar-refractivity contribution in [2.75, 3.05) is 6.61 Å². The molecule has 13 atom stereocenters. The summed E-state index contributed by atoms with van der Waals surface area (Å²) in [5.74, 6) is 0.311. The van der Waals surface area contributed by atoms with E-state index in [4.69, 9.17) is 23.7 Å². The maximum absolute atomic E-state index is 11.7. The van der Waals surface area contributed by atoms with Gasteiger partial charge in [0.1, 0.15) is 6.10 Å². The Kier molecular flexibility index (Phi) is 12.0. The lowest BCUT2D eigenvalue weighted by atomic mass is 9.79. The van der Waals surface area contributed by atoms with Crippen LogP contribution >= 0.6 is 0 Å². The Hall–Kier alpha value is -1.36. The van der Waals surface area contributed by atoms with E-state index in [1.54, 1.807) is 6.08 Å². The molecule has 3 N–H and O–H groups in total. The van der Waals surface area contributed by atoms with Crippen LogP contribution in [0.2, 0.25) is 0 Å². The third-order valence-corrected chi connectivity index (χ3v) is 12.0. The van der Waals surface area contributed by atoms with Crippen LogP contribution in [0.5, 0.6) is 0 Å². The SMILES string of the molecule is C=CC=CCCC1OC2CCC3(C)OC4C(O)CC5(C)OC(CCC=C(C)C(C)=CCO)C(C)CC5OC4CC3OC2CCC1(C)O. The van der Waals surface area contributed by atoms with Gasteiger partial charge in [0.2, 0.25) is 0 Å². The van der Waals surface area contributed by atoms with Gasteiger partial charge < -0.3 is 39.0 Å². The first-order chi connectivity index (χ1) is 22.3. The third kappa shape index (κ3) is 8.34. The average Bonchev–Trinajstić information content (AvgIpc) is 3.27. The lowest BCUT2D eigenvalue weighted by Gasteiger charge is -2.49. The molecule has 13 unspecified atom stereocenters. The first-order valence-electron chi connectivity index (χ1n) is 18.2. The number of fused-ring (bicyclic) bond motifs is 4. The summed E-state index contributed by atoms with van der Waals surface area (Å²) in [6, 6.07) is 0. The molecule has 0 aliphatic carbocycles. The summed E-state index contributed by atoms with van der Waals surface area (Å²) in [5.41, 5.74) is 0.159. The van der Waals surface area contributed by atoms with Crippen molar-refractivity contribution >= 4 is 0 Å². The van der Waals surface area contributed by atoms with Crippen molar-refractivity contribution in [3.05, 3.63) is 48.1 Å². The van der Waals surface area contributed by atoms with E-state index < -0.39 is 29.0 Å². The van der Waals surface area contributed by atoms with Gasteiger partial charge >= 0.3 is 0 Å². The molecule has 8 heteroatoms. The van der Waals surface area contributed by atoms with Crippen LogP contribution in [0.3, 0.4) is 0 Å². The van der Waals surface area contributed by atoms with E-state index in [9.17, 15) is 15.3 Å². The highest BCUT2D eigenvalue weighted by atomic mass is 16.6. The molecule has 0 aromatic heterocycles. The molecular formula is C39H62O8. The minimum absolute atomic E-state index is 0.0494. The summed E-state index contributed by atoms with van der Waals surface area (Å²) in [6.45, 7) is 16.3. The van der Waals surface area contributed by atoms with E-state index >= 15 is 0 Å². The van der Waals surface area contributed by atoms with Gasteiger partial charge in [-0.2, -0.15) is 0 Å². The molecule has 5 aliphatic heterocycles. The molecule has 5 saturated heterocycles. The molecule has 8 nitrogen and oxygen atoms in total. The standard InChI is InChI=1S/C39H62O8/c1-8-9-10-11-15-33-37(5,42)19-16-30-31(43-33)17-20-38(6)35(44-30)23-32-36(47-38)28(41)24-39(7)34(45-32)22-27(4)29(46-39)14-12-13-25(2)26(3)18-21-40/h8-10,13,18,27-36,40-42H,1,11-12,14-17,19-24H2,2-7H3. The number of aliphatic hydroxyl groups excluding tert-OH is 2. The number of allylic oxidation sites excluding steroid dienone is 6. The molecule has 5 aliphatic rings. The normalized spacial score (nSPS) is 46.3. The zero-order valence-corrected chi connectivity index (χ0v) is 29.7. The highest BCUT2D eigenvalue weighted by Crippen LogP contribution is 2.49. The Labute approximate surface area is 283 Å². The van der Waals surface area contributed by atoms with Crippen molar-refractivity contribution in [3.63, 3.8) is 0 Å². The van der Waals surface area contributed by atoms with Gasteiger partial charge in [0.15, 0.2) is 0 Å². The predicted octanol–water partition coefficient (Wildman–Crippen LogP) is 6.27. The Morgan fingerprint density at radius 1 is 0.851 bits per heavy atom. The van der Waals surface area contributed by atoms with Crippen molar-refractivity contribution in [1.82, 2.24) is 0 Å². The second kappa shape index (κ2) is 15.3. The van der Waals surface area contributed by atoms with Gasteiger partial charge in [0.25, 0.3) is 0 Å². The molecule has 0 aromatic rings. The fourth-order valence-electron chi connectivity index (χ4n) is 8.70. The van der Waals surface area contributed by atoms with Crippen LogP contribution in [0, 0.1) is 5.92 Å². The summed E-state index contributed by atoms with van der Waals surface area (Å²) >= 11 is 0. The first-order valence-corrected chi connectivity index (χ1v) is 18.2. The Morgan fingerprint density at radius 2 is 1.53 bits per heavy atom. The summed E-state index contributed by atoms with van der Waals surface area (Å²) < 4.78 is 34.2. The van der Waals surface area contributed by atoms with E-state index in [0.29, 0.717) is 25.2 Å². The molecule has 47 heavy (non-hydrogen) atoms. The van der Waals surface area contributed by atoms with Crippen LogP contribution in [-0.2, 0) is 23.7 Å².